The van der Waals surface area contributed by atoms with E-state index < -0.39 is 23.4 Å². The zero-order chi connectivity index (χ0) is 22.4. The highest BCUT2D eigenvalue weighted by Gasteiger charge is 2.37. The lowest BCUT2D eigenvalue weighted by Crippen LogP contribution is -2.53. The summed E-state index contributed by atoms with van der Waals surface area (Å²) in [7, 11) is 0. The topological polar surface area (TPSA) is 85.1 Å². The van der Waals surface area contributed by atoms with Gasteiger partial charge < -0.3 is 25.0 Å². The van der Waals surface area contributed by atoms with Crippen LogP contribution in [0.3, 0.4) is 0 Å². The first-order chi connectivity index (χ1) is 13.3. The molecule has 0 aliphatic heterocycles. The van der Waals surface area contributed by atoms with Crippen molar-refractivity contribution in [1.82, 2.24) is 9.80 Å². The van der Waals surface area contributed by atoms with Crippen LogP contribution in [0.1, 0.15) is 67.7 Å². The minimum Gasteiger partial charge on any atom is -0.444 e. The van der Waals surface area contributed by atoms with Crippen LogP contribution in [-0.4, -0.2) is 70.8 Å². The van der Waals surface area contributed by atoms with Gasteiger partial charge in [0.15, 0.2) is 0 Å². The van der Waals surface area contributed by atoms with E-state index in [2.05, 4.69) is 0 Å². The number of alkyl halides is 1. The van der Waals surface area contributed by atoms with Crippen LogP contribution in [0.25, 0.3) is 0 Å². The maximum atomic E-state index is 13.0. The molecule has 0 bridgehead atoms. The molecular weight excluding hydrogens is 394 g/mol. The average molecular weight is 434 g/mol. The first-order valence-corrected chi connectivity index (χ1v) is 11.0. The van der Waals surface area contributed by atoms with Crippen molar-refractivity contribution in [2.24, 2.45) is 11.7 Å². The highest BCUT2D eigenvalue weighted by Crippen LogP contribution is 2.32. The Labute approximate surface area is 181 Å². The predicted molar refractivity (Wildman–Crippen MR) is 116 cm³/mol. The van der Waals surface area contributed by atoms with E-state index in [0.717, 1.165) is 12.8 Å². The molecule has 3 unspecified atom stereocenters. The van der Waals surface area contributed by atoms with Gasteiger partial charge in [-0.3, -0.25) is 0 Å². The molecule has 0 spiro atoms. The Morgan fingerprint density at radius 3 is 2.03 bits per heavy atom. The summed E-state index contributed by atoms with van der Waals surface area (Å²) >= 11 is 6.42. The second-order valence-electron chi connectivity index (χ2n) is 9.71. The van der Waals surface area contributed by atoms with Crippen LogP contribution in [0.2, 0.25) is 0 Å². The van der Waals surface area contributed by atoms with Gasteiger partial charge in [0.1, 0.15) is 11.2 Å². The van der Waals surface area contributed by atoms with E-state index in [-0.39, 0.29) is 17.3 Å². The maximum Gasteiger partial charge on any atom is 0.410 e. The summed E-state index contributed by atoms with van der Waals surface area (Å²) in [5, 5.41) is 0.000806. The van der Waals surface area contributed by atoms with Crippen LogP contribution < -0.4 is 5.73 Å². The predicted octanol–water partition coefficient (Wildman–Crippen LogP) is 4.22. The minimum absolute atomic E-state index is 0.000806. The van der Waals surface area contributed by atoms with Gasteiger partial charge in [-0.1, -0.05) is 0 Å². The van der Waals surface area contributed by atoms with Crippen LogP contribution >= 0.6 is 11.6 Å². The van der Waals surface area contributed by atoms with Gasteiger partial charge in [0.05, 0.1) is 0 Å². The molecule has 29 heavy (non-hydrogen) atoms. The SMILES string of the molecule is CCN(CCN(C(=O)OC(C)(C)C)C1CC(Cl)CCC1CN)C(=O)OC(C)(C)C. The summed E-state index contributed by atoms with van der Waals surface area (Å²) in [6.45, 7) is 14.6. The van der Waals surface area contributed by atoms with E-state index in [1.165, 1.54) is 0 Å². The average Bonchev–Trinajstić information content (AvgIpc) is 2.55. The molecule has 2 amide bonds. The molecular formula is C21H40ClN3O4. The number of nitrogens with zero attached hydrogens (tertiary/aromatic N) is 2. The molecule has 2 N–H and O–H groups in total. The number of hydrogen-bond donors (Lipinski definition) is 1. The fraction of sp³-hybridized carbons (Fsp3) is 0.905. The normalized spacial score (nSPS) is 22.7. The van der Waals surface area contributed by atoms with Crippen molar-refractivity contribution in [3.63, 3.8) is 0 Å². The lowest BCUT2D eigenvalue weighted by Gasteiger charge is -2.42. The summed E-state index contributed by atoms with van der Waals surface area (Å²) in [6.07, 6.45) is 1.64. The molecule has 0 heterocycles. The van der Waals surface area contributed by atoms with Gasteiger partial charge in [-0.05, 0) is 80.2 Å². The fourth-order valence-corrected chi connectivity index (χ4v) is 3.77. The molecule has 0 saturated heterocycles. The Kier molecular flexibility index (Phi) is 9.54. The molecule has 1 rings (SSSR count). The van der Waals surface area contributed by atoms with Crippen LogP contribution in [0, 0.1) is 5.92 Å². The second kappa shape index (κ2) is 10.7. The number of likely N-dealkylation sites (N-methyl/N-ethyl adjacent to an activating group) is 1. The molecule has 0 aromatic heterocycles. The van der Waals surface area contributed by atoms with Gasteiger partial charge in [0.25, 0.3) is 0 Å². The molecule has 0 radical (unpaired) electrons. The van der Waals surface area contributed by atoms with Gasteiger partial charge >= 0.3 is 12.2 Å². The monoisotopic (exact) mass is 433 g/mol. The zero-order valence-electron chi connectivity index (χ0n) is 19.2. The van der Waals surface area contributed by atoms with Crippen LogP contribution in [0.15, 0.2) is 0 Å². The number of carbonyl (C=O) groups is 2. The number of amides is 2. The van der Waals surface area contributed by atoms with Crippen molar-refractivity contribution in [1.29, 1.82) is 0 Å². The molecule has 1 aliphatic carbocycles. The molecule has 3 atom stereocenters. The van der Waals surface area contributed by atoms with Crippen molar-refractivity contribution < 1.29 is 19.1 Å². The first-order valence-electron chi connectivity index (χ1n) is 10.6. The summed E-state index contributed by atoms with van der Waals surface area (Å²) < 4.78 is 11.1. The van der Waals surface area contributed by atoms with Gasteiger partial charge in [0.2, 0.25) is 0 Å². The summed E-state index contributed by atoms with van der Waals surface area (Å²) in [5.41, 5.74) is 4.81. The number of carbonyl (C=O) groups excluding carboxylic acids is 2. The standard InChI is InChI=1S/C21H40ClN3O4/c1-8-24(18(26)28-20(2,3)4)11-12-25(19(27)29-21(5,6)7)17-13-16(22)10-9-15(17)14-23/h15-17H,8-14,23H2,1-7H3. The summed E-state index contributed by atoms with van der Waals surface area (Å²) in [4.78, 5) is 28.8. The Morgan fingerprint density at radius 1 is 1.00 bits per heavy atom. The van der Waals surface area contributed by atoms with Crippen molar-refractivity contribution >= 4 is 23.8 Å². The van der Waals surface area contributed by atoms with E-state index in [4.69, 9.17) is 26.8 Å². The van der Waals surface area contributed by atoms with E-state index >= 15 is 0 Å². The third-order valence-corrected chi connectivity index (χ3v) is 5.26. The van der Waals surface area contributed by atoms with Gasteiger partial charge in [-0.2, -0.15) is 0 Å². The van der Waals surface area contributed by atoms with E-state index in [0.29, 0.717) is 32.6 Å². The summed E-state index contributed by atoms with van der Waals surface area (Å²) in [5.74, 6) is 0.161. The molecule has 8 heteroatoms. The lowest BCUT2D eigenvalue weighted by molar-refractivity contribution is -0.00196. The Hall–Kier alpha value is -1.21. The third kappa shape index (κ3) is 8.99. The number of nitrogens with two attached hydrogens (primary N) is 1. The summed E-state index contributed by atoms with van der Waals surface area (Å²) in [6, 6.07) is -0.108. The van der Waals surface area contributed by atoms with E-state index in [1.54, 1.807) is 9.80 Å². The molecule has 1 aliphatic rings. The molecule has 1 fully saturated rings. The van der Waals surface area contributed by atoms with Crippen molar-refractivity contribution in [2.75, 3.05) is 26.2 Å². The highest BCUT2D eigenvalue weighted by atomic mass is 35.5. The zero-order valence-corrected chi connectivity index (χ0v) is 19.9. The lowest BCUT2D eigenvalue weighted by atomic mass is 9.83. The van der Waals surface area contributed by atoms with Crippen LogP contribution in [0.4, 0.5) is 9.59 Å². The van der Waals surface area contributed by atoms with Crippen LogP contribution in [-0.2, 0) is 9.47 Å². The van der Waals surface area contributed by atoms with Gasteiger partial charge in [0, 0.05) is 31.1 Å². The number of rotatable bonds is 6. The Morgan fingerprint density at radius 2 is 1.55 bits per heavy atom. The largest absolute Gasteiger partial charge is 0.444 e. The highest BCUT2D eigenvalue weighted by molar-refractivity contribution is 6.20. The molecule has 7 nitrogen and oxygen atoms in total. The quantitative estimate of drug-likeness (QED) is 0.634. The number of hydrogen-bond acceptors (Lipinski definition) is 5. The van der Waals surface area contributed by atoms with E-state index in [1.807, 2.05) is 48.5 Å². The molecule has 170 valence electrons. The van der Waals surface area contributed by atoms with Crippen molar-refractivity contribution in [3.8, 4) is 0 Å². The first kappa shape index (κ1) is 25.8. The molecule has 0 aromatic rings. The van der Waals surface area contributed by atoms with Gasteiger partial charge in [-0.25, -0.2) is 9.59 Å². The maximum absolute atomic E-state index is 13.0. The van der Waals surface area contributed by atoms with Gasteiger partial charge in [-0.15, -0.1) is 11.6 Å². The number of halogens is 1. The second-order valence-corrected chi connectivity index (χ2v) is 10.3. The number of ether oxygens (including phenoxy) is 2. The Bertz CT molecular complexity index is 545. The molecule has 0 aromatic carbocycles. The van der Waals surface area contributed by atoms with Crippen molar-refractivity contribution in [3.05, 3.63) is 0 Å². The van der Waals surface area contributed by atoms with Crippen molar-refractivity contribution in [2.45, 2.75) is 90.3 Å². The third-order valence-electron chi connectivity index (χ3n) is 4.87. The van der Waals surface area contributed by atoms with Crippen LogP contribution in [0.5, 0.6) is 0 Å². The van der Waals surface area contributed by atoms with E-state index in [9.17, 15) is 9.59 Å². The minimum atomic E-state index is -0.613. The Balaban J connectivity index is 2.98. The fourth-order valence-electron chi connectivity index (χ4n) is 3.46. The molecule has 1 saturated carbocycles. The smallest absolute Gasteiger partial charge is 0.410 e.